The highest BCUT2D eigenvalue weighted by atomic mass is 16.3. The molecule has 2 heteroatoms. The molecule has 1 heterocycles. The maximum atomic E-state index is 5.52. The minimum absolute atomic E-state index is 0.680. The maximum Gasteiger partial charge on any atom is 0.110 e. The van der Waals surface area contributed by atoms with Gasteiger partial charge in [-0.3, -0.25) is 0 Å². The predicted molar refractivity (Wildman–Crippen MR) is 62.0 cm³/mol. The molecule has 0 radical (unpaired) electrons. The zero-order valence-electron chi connectivity index (χ0n) is 9.92. The van der Waals surface area contributed by atoms with E-state index in [4.69, 9.17) is 4.42 Å². The van der Waals surface area contributed by atoms with E-state index in [1.165, 1.54) is 17.7 Å². The molecule has 1 aliphatic carbocycles. The van der Waals surface area contributed by atoms with E-state index in [2.05, 4.69) is 32.2 Å². The zero-order chi connectivity index (χ0) is 10.8. The third kappa shape index (κ3) is 2.63. The predicted octanol–water partition coefficient (Wildman–Crippen LogP) is 2.94. The van der Waals surface area contributed by atoms with Crippen molar-refractivity contribution in [2.24, 2.45) is 11.8 Å². The number of hydrogen-bond acceptors (Lipinski definition) is 2. The Labute approximate surface area is 92.1 Å². The molecule has 0 saturated heterocycles. The van der Waals surface area contributed by atoms with Gasteiger partial charge in [0, 0.05) is 5.92 Å². The van der Waals surface area contributed by atoms with Crippen molar-refractivity contribution in [2.45, 2.75) is 33.1 Å². The number of nitrogens with one attached hydrogen (secondary N) is 1. The number of furan rings is 1. The summed E-state index contributed by atoms with van der Waals surface area (Å²) in [6, 6.07) is 2.06. The van der Waals surface area contributed by atoms with E-state index in [0.29, 0.717) is 5.92 Å². The van der Waals surface area contributed by atoms with Crippen molar-refractivity contribution < 1.29 is 4.42 Å². The largest absolute Gasteiger partial charge is 0.469 e. The number of hydrogen-bond donors (Lipinski definition) is 1. The molecule has 1 aromatic rings. The van der Waals surface area contributed by atoms with Crippen LogP contribution in [0.5, 0.6) is 0 Å². The molecule has 1 aliphatic rings. The SMILES string of the molecule is Cc1ccoc1C1CC1CNCC(C)C. The molecule has 1 saturated carbocycles. The van der Waals surface area contributed by atoms with Gasteiger partial charge < -0.3 is 9.73 Å². The van der Waals surface area contributed by atoms with Gasteiger partial charge in [0.15, 0.2) is 0 Å². The first-order valence-corrected chi connectivity index (χ1v) is 5.93. The molecule has 2 atom stereocenters. The Kier molecular flexibility index (Phi) is 3.15. The standard InChI is InChI=1S/C13H21NO/c1-9(2)7-14-8-11-6-12(11)13-10(3)4-5-15-13/h4-5,9,11-12,14H,6-8H2,1-3H3. The van der Waals surface area contributed by atoms with Crippen LogP contribution < -0.4 is 5.32 Å². The molecule has 0 amide bonds. The van der Waals surface area contributed by atoms with Crippen LogP contribution >= 0.6 is 0 Å². The average molecular weight is 207 g/mol. The van der Waals surface area contributed by atoms with Gasteiger partial charge in [0.25, 0.3) is 0 Å². The fourth-order valence-electron chi connectivity index (χ4n) is 2.12. The van der Waals surface area contributed by atoms with E-state index < -0.39 is 0 Å². The van der Waals surface area contributed by atoms with Crippen LogP contribution in [0.4, 0.5) is 0 Å². The summed E-state index contributed by atoms with van der Waals surface area (Å²) in [5.41, 5.74) is 1.31. The first-order valence-electron chi connectivity index (χ1n) is 5.93. The Morgan fingerprint density at radius 1 is 1.53 bits per heavy atom. The highest BCUT2D eigenvalue weighted by Gasteiger charge is 2.40. The van der Waals surface area contributed by atoms with Crippen molar-refractivity contribution in [3.05, 3.63) is 23.7 Å². The summed E-state index contributed by atoms with van der Waals surface area (Å²) in [5.74, 6) is 3.44. The van der Waals surface area contributed by atoms with E-state index in [-0.39, 0.29) is 0 Å². The Balaban J connectivity index is 1.75. The van der Waals surface area contributed by atoms with E-state index in [0.717, 1.165) is 24.9 Å². The Morgan fingerprint density at radius 2 is 2.33 bits per heavy atom. The molecular weight excluding hydrogens is 186 g/mol. The van der Waals surface area contributed by atoms with Gasteiger partial charge in [-0.05, 0) is 49.9 Å². The van der Waals surface area contributed by atoms with E-state index in [1.54, 1.807) is 0 Å². The summed E-state index contributed by atoms with van der Waals surface area (Å²) in [6.07, 6.45) is 3.10. The van der Waals surface area contributed by atoms with Gasteiger partial charge in [0.1, 0.15) is 5.76 Å². The second-order valence-electron chi connectivity index (χ2n) is 5.12. The molecule has 0 aliphatic heterocycles. The van der Waals surface area contributed by atoms with Crippen LogP contribution in [0.3, 0.4) is 0 Å². The molecule has 2 unspecified atom stereocenters. The van der Waals surface area contributed by atoms with Crippen molar-refractivity contribution in [3.63, 3.8) is 0 Å². The van der Waals surface area contributed by atoms with Crippen LogP contribution in [0.25, 0.3) is 0 Å². The van der Waals surface area contributed by atoms with Gasteiger partial charge in [-0.15, -0.1) is 0 Å². The highest BCUT2D eigenvalue weighted by molar-refractivity contribution is 5.24. The van der Waals surface area contributed by atoms with Gasteiger partial charge in [0.05, 0.1) is 6.26 Å². The quantitative estimate of drug-likeness (QED) is 0.803. The van der Waals surface area contributed by atoms with Crippen LogP contribution in [-0.4, -0.2) is 13.1 Å². The lowest BCUT2D eigenvalue weighted by atomic mass is 10.2. The summed E-state index contributed by atoms with van der Waals surface area (Å²) in [4.78, 5) is 0. The first-order chi connectivity index (χ1) is 7.18. The molecule has 1 aromatic heterocycles. The maximum absolute atomic E-state index is 5.52. The summed E-state index contributed by atoms with van der Waals surface area (Å²) in [5, 5.41) is 3.52. The second-order valence-corrected chi connectivity index (χ2v) is 5.12. The molecule has 0 aromatic carbocycles. The van der Waals surface area contributed by atoms with Gasteiger partial charge >= 0.3 is 0 Å². The number of rotatable bonds is 5. The lowest BCUT2D eigenvalue weighted by Gasteiger charge is -2.06. The first kappa shape index (κ1) is 10.7. The van der Waals surface area contributed by atoms with Crippen molar-refractivity contribution in [2.75, 3.05) is 13.1 Å². The topological polar surface area (TPSA) is 25.2 Å². The molecule has 1 N–H and O–H groups in total. The smallest absolute Gasteiger partial charge is 0.110 e. The molecular formula is C13H21NO. The van der Waals surface area contributed by atoms with Crippen LogP contribution in [0.1, 0.15) is 37.5 Å². The minimum atomic E-state index is 0.680. The second kappa shape index (κ2) is 4.40. The van der Waals surface area contributed by atoms with Crippen LogP contribution in [0.15, 0.2) is 16.7 Å². The monoisotopic (exact) mass is 207 g/mol. The van der Waals surface area contributed by atoms with E-state index >= 15 is 0 Å². The van der Waals surface area contributed by atoms with Crippen molar-refractivity contribution in [3.8, 4) is 0 Å². The Bertz CT molecular complexity index is 316. The summed E-state index contributed by atoms with van der Waals surface area (Å²) in [7, 11) is 0. The third-order valence-corrected chi connectivity index (χ3v) is 3.12. The molecule has 84 valence electrons. The lowest BCUT2D eigenvalue weighted by molar-refractivity contribution is 0.487. The zero-order valence-corrected chi connectivity index (χ0v) is 9.92. The Morgan fingerprint density at radius 3 is 2.93 bits per heavy atom. The van der Waals surface area contributed by atoms with Gasteiger partial charge in [-0.1, -0.05) is 13.8 Å². The molecule has 15 heavy (non-hydrogen) atoms. The van der Waals surface area contributed by atoms with E-state index in [1.807, 2.05) is 6.26 Å². The van der Waals surface area contributed by atoms with Crippen LogP contribution in [0.2, 0.25) is 0 Å². The van der Waals surface area contributed by atoms with Gasteiger partial charge in [-0.25, -0.2) is 0 Å². The highest BCUT2D eigenvalue weighted by Crippen LogP contribution is 2.48. The van der Waals surface area contributed by atoms with Crippen molar-refractivity contribution in [1.29, 1.82) is 0 Å². The molecule has 2 nitrogen and oxygen atoms in total. The summed E-state index contributed by atoms with van der Waals surface area (Å²) in [6.45, 7) is 8.89. The van der Waals surface area contributed by atoms with Crippen molar-refractivity contribution >= 4 is 0 Å². The molecule has 0 bridgehead atoms. The van der Waals surface area contributed by atoms with E-state index in [9.17, 15) is 0 Å². The average Bonchev–Trinajstić information content (AvgIpc) is 2.79. The minimum Gasteiger partial charge on any atom is -0.469 e. The fraction of sp³-hybridized carbons (Fsp3) is 0.692. The number of aryl methyl sites for hydroxylation is 1. The molecule has 0 spiro atoms. The van der Waals surface area contributed by atoms with Crippen LogP contribution in [-0.2, 0) is 0 Å². The van der Waals surface area contributed by atoms with Crippen molar-refractivity contribution in [1.82, 2.24) is 5.32 Å². The van der Waals surface area contributed by atoms with Crippen LogP contribution in [0, 0.1) is 18.8 Å². The Hall–Kier alpha value is -0.760. The molecule has 2 rings (SSSR count). The van der Waals surface area contributed by atoms with Gasteiger partial charge in [-0.2, -0.15) is 0 Å². The molecule has 1 fully saturated rings. The third-order valence-electron chi connectivity index (χ3n) is 3.12. The summed E-state index contributed by atoms with van der Waals surface area (Å²) >= 11 is 0. The fourth-order valence-corrected chi connectivity index (χ4v) is 2.12. The summed E-state index contributed by atoms with van der Waals surface area (Å²) < 4.78 is 5.52. The van der Waals surface area contributed by atoms with Gasteiger partial charge in [0.2, 0.25) is 0 Å². The normalized spacial score (nSPS) is 24.8. The lowest BCUT2D eigenvalue weighted by Crippen LogP contribution is -2.22.